The van der Waals surface area contributed by atoms with Crippen LogP contribution < -0.4 is 10.1 Å². The molecular weight excluding hydrogens is 430 g/mol. The molecule has 8 heteroatoms. The van der Waals surface area contributed by atoms with Gasteiger partial charge in [0, 0.05) is 24.2 Å². The first-order valence-corrected chi connectivity index (χ1v) is 10.5. The first-order chi connectivity index (χ1) is 16.0. The van der Waals surface area contributed by atoms with Crippen LogP contribution in [-0.4, -0.2) is 42.0 Å². The molecular formula is C25H20F2N2O4. The standard InChI is InChI=1S/C25H20F2N2O4/c26-18-8-4-6-16(12-18)25(17-7-5-9-19(27)13-17)29-21(14-28-15-22(29)24(31)33-25)23(30)32-20-10-2-1-3-11-20/h1-13,21-22,28H,14-15H2. The van der Waals surface area contributed by atoms with Gasteiger partial charge in [-0.3, -0.25) is 4.79 Å². The molecule has 168 valence electrons. The zero-order chi connectivity index (χ0) is 23.0. The second-order valence-corrected chi connectivity index (χ2v) is 7.92. The predicted molar refractivity (Wildman–Crippen MR) is 114 cm³/mol. The van der Waals surface area contributed by atoms with Gasteiger partial charge in [0.1, 0.15) is 29.5 Å². The van der Waals surface area contributed by atoms with Crippen molar-refractivity contribution in [2.45, 2.75) is 17.8 Å². The van der Waals surface area contributed by atoms with Crippen LogP contribution in [0.3, 0.4) is 0 Å². The number of ether oxygens (including phenoxy) is 2. The van der Waals surface area contributed by atoms with Crippen molar-refractivity contribution < 1.29 is 27.8 Å². The zero-order valence-corrected chi connectivity index (χ0v) is 17.4. The summed E-state index contributed by atoms with van der Waals surface area (Å²) >= 11 is 0. The molecule has 2 saturated heterocycles. The van der Waals surface area contributed by atoms with Crippen LogP contribution in [0, 0.1) is 11.6 Å². The van der Waals surface area contributed by atoms with E-state index in [0.29, 0.717) is 5.75 Å². The number of carbonyl (C=O) groups excluding carboxylic acids is 2. The van der Waals surface area contributed by atoms with Crippen LogP contribution in [0.1, 0.15) is 11.1 Å². The fourth-order valence-electron chi connectivity index (χ4n) is 4.52. The molecule has 3 aromatic carbocycles. The average molecular weight is 450 g/mol. The lowest BCUT2D eigenvalue weighted by atomic mass is 9.90. The molecule has 0 radical (unpaired) electrons. The normalized spacial score (nSPS) is 21.8. The third-order valence-electron chi connectivity index (χ3n) is 5.90. The summed E-state index contributed by atoms with van der Waals surface area (Å²) in [6, 6.07) is 17.8. The van der Waals surface area contributed by atoms with Gasteiger partial charge in [-0.2, -0.15) is 0 Å². The van der Waals surface area contributed by atoms with Gasteiger partial charge in [0.2, 0.25) is 5.72 Å². The topological polar surface area (TPSA) is 67.9 Å². The molecule has 2 aliphatic rings. The van der Waals surface area contributed by atoms with Gasteiger partial charge in [0.25, 0.3) is 0 Å². The van der Waals surface area contributed by atoms with Gasteiger partial charge in [-0.05, 0) is 36.4 Å². The van der Waals surface area contributed by atoms with Crippen LogP contribution in [0.15, 0.2) is 78.9 Å². The van der Waals surface area contributed by atoms with Crippen LogP contribution in [0.5, 0.6) is 5.75 Å². The van der Waals surface area contributed by atoms with E-state index in [9.17, 15) is 18.4 Å². The summed E-state index contributed by atoms with van der Waals surface area (Å²) in [6.45, 7) is 0.367. The summed E-state index contributed by atoms with van der Waals surface area (Å²) in [7, 11) is 0. The Morgan fingerprint density at radius 1 is 0.939 bits per heavy atom. The molecule has 0 aromatic heterocycles. The Labute approximate surface area is 188 Å². The van der Waals surface area contributed by atoms with Crippen molar-refractivity contribution in [1.29, 1.82) is 0 Å². The largest absolute Gasteiger partial charge is 0.434 e. The van der Waals surface area contributed by atoms with Crippen molar-refractivity contribution in [2.75, 3.05) is 13.1 Å². The molecule has 0 spiro atoms. The van der Waals surface area contributed by atoms with E-state index in [2.05, 4.69) is 5.32 Å². The Hall–Kier alpha value is -3.62. The van der Waals surface area contributed by atoms with Crippen LogP contribution in [0.2, 0.25) is 0 Å². The molecule has 0 saturated carbocycles. The van der Waals surface area contributed by atoms with Gasteiger partial charge in [0.05, 0.1) is 0 Å². The molecule has 2 fully saturated rings. The van der Waals surface area contributed by atoms with Gasteiger partial charge in [-0.25, -0.2) is 18.5 Å². The fourth-order valence-corrected chi connectivity index (χ4v) is 4.52. The number of nitrogens with zero attached hydrogens (tertiary/aromatic N) is 1. The highest BCUT2D eigenvalue weighted by Gasteiger charge is 2.61. The van der Waals surface area contributed by atoms with E-state index >= 15 is 0 Å². The Balaban J connectivity index is 1.66. The summed E-state index contributed by atoms with van der Waals surface area (Å²) in [4.78, 5) is 27.9. The maximum absolute atomic E-state index is 14.3. The predicted octanol–water partition coefficient (Wildman–Crippen LogP) is 2.97. The highest BCUT2D eigenvalue weighted by Crippen LogP contribution is 2.46. The first-order valence-electron chi connectivity index (χ1n) is 10.5. The lowest BCUT2D eigenvalue weighted by Gasteiger charge is -2.44. The molecule has 0 amide bonds. The van der Waals surface area contributed by atoms with Gasteiger partial charge < -0.3 is 14.8 Å². The Morgan fingerprint density at radius 3 is 2.18 bits per heavy atom. The van der Waals surface area contributed by atoms with E-state index in [4.69, 9.17) is 9.47 Å². The SMILES string of the molecule is O=C(Oc1ccccc1)C1CNCC2C(=O)OC(c3cccc(F)c3)(c3cccc(F)c3)N12. The number of hydrogen-bond donors (Lipinski definition) is 1. The Morgan fingerprint density at radius 2 is 1.58 bits per heavy atom. The number of piperazine rings is 1. The lowest BCUT2D eigenvalue weighted by Crippen LogP contribution is -2.64. The number of halogens is 2. The van der Waals surface area contributed by atoms with Crippen LogP contribution in [0.4, 0.5) is 8.78 Å². The second-order valence-electron chi connectivity index (χ2n) is 7.92. The summed E-state index contributed by atoms with van der Waals surface area (Å²) in [5.41, 5.74) is -1.18. The summed E-state index contributed by atoms with van der Waals surface area (Å²) < 4.78 is 40.1. The van der Waals surface area contributed by atoms with Gasteiger partial charge in [-0.1, -0.05) is 42.5 Å². The molecule has 0 aliphatic carbocycles. The highest BCUT2D eigenvalue weighted by atomic mass is 19.1. The van der Waals surface area contributed by atoms with Crippen molar-refractivity contribution in [3.05, 3.63) is 102 Å². The zero-order valence-electron chi connectivity index (χ0n) is 17.4. The first kappa shape index (κ1) is 21.2. The Bertz CT molecular complexity index is 1160. The molecule has 1 N–H and O–H groups in total. The number of fused-ring (bicyclic) bond motifs is 1. The van der Waals surface area contributed by atoms with Crippen molar-refractivity contribution in [3.8, 4) is 5.75 Å². The lowest BCUT2D eigenvalue weighted by molar-refractivity contribution is -0.157. The number of rotatable bonds is 4. The third-order valence-corrected chi connectivity index (χ3v) is 5.90. The van der Waals surface area contributed by atoms with Gasteiger partial charge in [-0.15, -0.1) is 0 Å². The summed E-state index contributed by atoms with van der Waals surface area (Å²) in [6.07, 6.45) is 0. The Kier molecular flexibility index (Phi) is 5.39. The number of benzene rings is 3. The van der Waals surface area contributed by atoms with Crippen LogP contribution >= 0.6 is 0 Å². The minimum absolute atomic E-state index is 0.158. The number of carbonyl (C=O) groups is 2. The van der Waals surface area contributed by atoms with Gasteiger partial charge in [0.15, 0.2) is 0 Å². The van der Waals surface area contributed by atoms with Gasteiger partial charge >= 0.3 is 11.9 Å². The fraction of sp³-hybridized carbons (Fsp3) is 0.200. The molecule has 2 unspecified atom stereocenters. The summed E-state index contributed by atoms with van der Waals surface area (Å²) in [5.74, 6) is -1.98. The van der Waals surface area contributed by atoms with Crippen molar-refractivity contribution >= 4 is 11.9 Å². The molecule has 2 heterocycles. The quantitative estimate of drug-likeness (QED) is 0.487. The van der Waals surface area contributed by atoms with Crippen LogP contribution in [-0.2, 0) is 20.1 Å². The molecule has 2 aliphatic heterocycles. The van der Waals surface area contributed by atoms with E-state index in [-0.39, 0.29) is 24.2 Å². The molecule has 3 aromatic rings. The molecule has 2 atom stereocenters. The van der Waals surface area contributed by atoms with E-state index in [1.165, 1.54) is 36.4 Å². The number of cyclic esters (lactones) is 1. The monoisotopic (exact) mass is 450 g/mol. The van der Waals surface area contributed by atoms with Crippen molar-refractivity contribution in [1.82, 2.24) is 10.2 Å². The van der Waals surface area contributed by atoms with E-state index < -0.39 is 41.4 Å². The molecule has 0 bridgehead atoms. The minimum atomic E-state index is -1.71. The average Bonchev–Trinajstić information content (AvgIpc) is 3.13. The van der Waals surface area contributed by atoms with Crippen LogP contribution in [0.25, 0.3) is 0 Å². The number of nitrogens with one attached hydrogen (secondary N) is 1. The maximum Gasteiger partial charge on any atom is 0.330 e. The minimum Gasteiger partial charge on any atom is -0.434 e. The molecule has 33 heavy (non-hydrogen) atoms. The van der Waals surface area contributed by atoms with Crippen molar-refractivity contribution in [3.63, 3.8) is 0 Å². The van der Waals surface area contributed by atoms with E-state index in [0.717, 1.165) is 0 Å². The van der Waals surface area contributed by atoms with E-state index in [1.807, 2.05) is 0 Å². The molecule has 6 nitrogen and oxygen atoms in total. The number of esters is 2. The van der Waals surface area contributed by atoms with Crippen molar-refractivity contribution in [2.24, 2.45) is 0 Å². The summed E-state index contributed by atoms with van der Waals surface area (Å²) in [5, 5.41) is 3.08. The highest BCUT2D eigenvalue weighted by molar-refractivity contribution is 5.85. The maximum atomic E-state index is 14.3. The number of hydrogen-bond acceptors (Lipinski definition) is 6. The smallest absolute Gasteiger partial charge is 0.330 e. The third kappa shape index (κ3) is 3.67. The second kappa shape index (κ2) is 8.38. The van der Waals surface area contributed by atoms with E-state index in [1.54, 1.807) is 47.4 Å². The molecule has 5 rings (SSSR count). The number of para-hydroxylation sites is 1.